The molecular formula is C15H19N3O3. The van der Waals surface area contributed by atoms with Gasteiger partial charge in [0.15, 0.2) is 0 Å². The molecule has 3 unspecified atom stereocenters. The Bertz CT molecular complexity index is 534. The van der Waals surface area contributed by atoms with E-state index in [4.69, 9.17) is 4.74 Å². The number of nitrogens with one attached hydrogen (secondary N) is 2. The lowest BCUT2D eigenvalue weighted by Crippen LogP contribution is -2.67. The van der Waals surface area contributed by atoms with Gasteiger partial charge in [-0.2, -0.15) is 0 Å². The number of rotatable bonds is 3. The van der Waals surface area contributed by atoms with E-state index in [0.29, 0.717) is 13.1 Å². The van der Waals surface area contributed by atoms with Gasteiger partial charge in [0.1, 0.15) is 12.1 Å². The fourth-order valence-electron chi connectivity index (χ4n) is 2.89. The van der Waals surface area contributed by atoms with Crippen molar-refractivity contribution < 1.29 is 14.3 Å². The van der Waals surface area contributed by atoms with Crippen LogP contribution in [0.5, 0.6) is 0 Å². The van der Waals surface area contributed by atoms with E-state index < -0.39 is 12.1 Å². The third-order valence-electron chi connectivity index (χ3n) is 3.92. The van der Waals surface area contributed by atoms with Gasteiger partial charge in [-0.15, -0.1) is 0 Å². The molecule has 1 aromatic carbocycles. The Morgan fingerprint density at radius 2 is 2.05 bits per heavy atom. The van der Waals surface area contributed by atoms with Crippen LogP contribution in [0.4, 0.5) is 4.79 Å². The van der Waals surface area contributed by atoms with Gasteiger partial charge in [0, 0.05) is 13.1 Å². The first-order chi connectivity index (χ1) is 10.2. The number of carbonyl (C=O) groups is 2. The summed E-state index contributed by atoms with van der Waals surface area (Å²) in [4.78, 5) is 25.4. The highest BCUT2D eigenvalue weighted by Gasteiger charge is 2.46. The normalized spacial score (nSPS) is 29.0. The molecule has 6 heteroatoms. The Morgan fingerprint density at radius 1 is 1.29 bits per heavy atom. The quantitative estimate of drug-likeness (QED) is 0.646. The maximum atomic E-state index is 11.9. The van der Waals surface area contributed by atoms with E-state index in [1.807, 2.05) is 37.3 Å². The van der Waals surface area contributed by atoms with Gasteiger partial charge in [-0.05, 0) is 12.0 Å². The zero-order valence-corrected chi connectivity index (χ0v) is 11.9. The van der Waals surface area contributed by atoms with Crippen LogP contribution in [0.25, 0.3) is 0 Å². The number of benzene rings is 1. The van der Waals surface area contributed by atoms with Crippen molar-refractivity contribution >= 4 is 12.1 Å². The topological polar surface area (TPSA) is 70.7 Å². The monoisotopic (exact) mass is 289 g/mol. The number of amides is 1. The average Bonchev–Trinajstić information content (AvgIpc) is 2.52. The van der Waals surface area contributed by atoms with Crippen LogP contribution in [-0.2, 0) is 9.53 Å². The molecule has 1 aromatic rings. The van der Waals surface area contributed by atoms with Crippen molar-refractivity contribution in [3.63, 3.8) is 0 Å². The van der Waals surface area contributed by atoms with E-state index >= 15 is 0 Å². The maximum Gasteiger partial charge on any atom is 0.418 e. The van der Waals surface area contributed by atoms with Crippen molar-refractivity contribution in [3.05, 3.63) is 35.9 Å². The molecule has 0 bridgehead atoms. The minimum atomic E-state index is -0.552. The number of hydrogen-bond acceptors (Lipinski definition) is 5. The van der Waals surface area contributed by atoms with Gasteiger partial charge in [-0.3, -0.25) is 20.3 Å². The van der Waals surface area contributed by atoms with Gasteiger partial charge in [-0.1, -0.05) is 37.3 Å². The molecule has 21 heavy (non-hydrogen) atoms. The summed E-state index contributed by atoms with van der Waals surface area (Å²) in [6.45, 7) is 3.06. The van der Waals surface area contributed by atoms with Gasteiger partial charge in [0.2, 0.25) is 0 Å². The van der Waals surface area contributed by atoms with Crippen LogP contribution in [0.15, 0.2) is 30.3 Å². The Hall–Kier alpha value is -1.92. The van der Waals surface area contributed by atoms with Gasteiger partial charge >= 0.3 is 12.1 Å². The highest BCUT2D eigenvalue weighted by Crippen LogP contribution is 2.25. The van der Waals surface area contributed by atoms with Gasteiger partial charge in [0.05, 0.1) is 6.17 Å². The summed E-state index contributed by atoms with van der Waals surface area (Å²) in [6, 6.07) is 9.92. The predicted octanol–water partition coefficient (Wildman–Crippen LogP) is 1.21. The van der Waals surface area contributed by atoms with Crippen LogP contribution < -0.4 is 10.6 Å². The Morgan fingerprint density at radius 3 is 2.76 bits per heavy atom. The van der Waals surface area contributed by atoms with Crippen molar-refractivity contribution in [3.8, 4) is 0 Å². The number of carbonyl (C=O) groups excluding carboxylic acids is 2. The smallest absolute Gasteiger partial charge is 0.376 e. The minimum absolute atomic E-state index is 0.0782. The molecule has 0 aromatic heterocycles. The summed E-state index contributed by atoms with van der Waals surface area (Å²) >= 11 is 0. The van der Waals surface area contributed by atoms with E-state index in [9.17, 15) is 9.59 Å². The Balaban J connectivity index is 1.82. The predicted molar refractivity (Wildman–Crippen MR) is 76.1 cm³/mol. The van der Waals surface area contributed by atoms with Gasteiger partial charge in [0.25, 0.3) is 0 Å². The van der Waals surface area contributed by atoms with Crippen LogP contribution in [0.2, 0.25) is 0 Å². The first-order valence-corrected chi connectivity index (χ1v) is 7.27. The Kier molecular flexibility index (Phi) is 3.90. The molecule has 0 aliphatic carbocycles. The second-order valence-corrected chi connectivity index (χ2v) is 5.35. The average molecular weight is 289 g/mol. The van der Waals surface area contributed by atoms with E-state index in [1.165, 1.54) is 0 Å². The summed E-state index contributed by atoms with van der Waals surface area (Å²) in [5, 5.41) is 6.65. The molecule has 6 nitrogen and oxygen atoms in total. The molecule has 2 aliphatic heterocycles. The lowest BCUT2D eigenvalue weighted by molar-refractivity contribution is -0.153. The summed E-state index contributed by atoms with van der Waals surface area (Å²) in [7, 11) is 0. The molecular weight excluding hydrogens is 270 g/mol. The number of fused-ring (bicyclic) bond motifs is 1. The number of nitrogens with zero attached hydrogens (tertiary/aromatic N) is 1. The van der Waals surface area contributed by atoms with E-state index in [0.717, 1.165) is 12.0 Å². The molecule has 2 N–H and O–H groups in total. The molecule has 2 heterocycles. The molecule has 2 saturated heterocycles. The minimum Gasteiger partial charge on any atom is -0.376 e. The SMILES string of the molecule is CCCN1C(=O)OC(=O)C2CNC(c3ccccc3)NC21. The van der Waals surface area contributed by atoms with Crippen molar-refractivity contribution in [1.82, 2.24) is 15.5 Å². The first-order valence-electron chi connectivity index (χ1n) is 7.27. The summed E-state index contributed by atoms with van der Waals surface area (Å²) in [6.07, 6.45) is -0.127. The number of ether oxygens (including phenoxy) is 1. The van der Waals surface area contributed by atoms with Crippen LogP contribution in [0, 0.1) is 5.92 Å². The van der Waals surface area contributed by atoms with Gasteiger partial charge < -0.3 is 4.74 Å². The van der Waals surface area contributed by atoms with Crippen LogP contribution in [-0.4, -0.2) is 36.2 Å². The number of esters is 1. The lowest BCUT2D eigenvalue weighted by atomic mass is 9.98. The summed E-state index contributed by atoms with van der Waals surface area (Å²) in [5.74, 6) is -0.821. The molecule has 3 atom stereocenters. The van der Waals surface area contributed by atoms with Crippen molar-refractivity contribution in [1.29, 1.82) is 0 Å². The molecule has 0 radical (unpaired) electrons. The van der Waals surface area contributed by atoms with Crippen molar-refractivity contribution in [2.45, 2.75) is 25.7 Å². The zero-order valence-electron chi connectivity index (χ0n) is 11.9. The summed E-state index contributed by atoms with van der Waals surface area (Å²) in [5.41, 5.74) is 1.08. The largest absolute Gasteiger partial charge is 0.418 e. The Labute approximate surface area is 123 Å². The molecule has 0 saturated carbocycles. The van der Waals surface area contributed by atoms with E-state index in [2.05, 4.69) is 10.6 Å². The fourth-order valence-corrected chi connectivity index (χ4v) is 2.89. The standard InChI is InChI=1S/C15H19N3O3/c1-2-8-18-13-11(14(19)21-15(18)20)9-16-12(17-13)10-6-4-3-5-7-10/h3-7,11-13,16-17H,2,8-9H2,1H3. The van der Waals surface area contributed by atoms with E-state index in [1.54, 1.807) is 4.90 Å². The molecule has 2 fully saturated rings. The highest BCUT2D eigenvalue weighted by molar-refractivity contribution is 5.89. The van der Waals surface area contributed by atoms with E-state index in [-0.39, 0.29) is 18.2 Å². The molecule has 2 aliphatic rings. The third kappa shape index (κ3) is 2.64. The zero-order chi connectivity index (χ0) is 14.8. The fraction of sp³-hybridized carbons (Fsp3) is 0.467. The molecule has 1 amide bonds. The van der Waals surface area contributed by atoms with Crippen molar-refractivity contribution in [2.75, 3.05) is 13.1 Å². The second-order valence-electron chi connectivity index (χ2n) is 5.35. The molecule has 0 spiro atoms. The van der Waals surface area contributed by atoms with Crippen LogP contribution in [0.1, 0.15) is 25.1 Å². The highest BCUT2D eigenvalue weighted by atomic mass is 16.6. The second kappa shape index (κ2) is 5.83. The third-order valence-corrected chi connectivity index (χ3v) is 3.92. The van der Waals surface area contributed by atoms with Crippen molar-refractivity contribution in [2.24, 2.45) is 5.92 Å². The summed E-state index contributed by atoms with van der Waals surface area (Å²) < 4.78 is 4.83. The van der Waals surface area contributed by atoms with Crippen LogP contribution in [0.3, 0.4) is 0 Å². The number of cyclic esters (lactones) is 2. The van der Waals surface area contributed by atoms with Crippen LogP contribution >= 0.6 is 0 Å². The molecule has 112 valence electrons. The maximum absolute atomic E-state index is 11.9. The first kappa shape index (κ1) is 14.0. The van der Waals surface area contributed by atoms with Gasteiger partial charge in [-0.25, -0.2) is 4.79 Å². The lowest BCUT2D eigenvalue weighted by Gasteiger charge is -2.45. The number of hydrogen-bond donors (Lipinski definition) is 2. The molecule has 3 rings (SSSR count).